The number of para-hydroxylation sites is 1. The van der Waals surface area contributed by atoms with E-state index in [9.17, 15) is 4.39 Å². The van der Waals surface area contributed by atoms with E-state index in [0.717, 1.165) is 17.6 Å². The molecule has 3 heteroatoms. The van der Waals surface area contributed by atoms with E-state index >= 15 is 0 Å². The molecule has 0 bridgehead atoms. The largest absolute Gasteiger partial charge is 0.237 e. The highest BCUT2D eigenvalue weighted by Gasteiger charge is 2.06. The Kier molecular flexibility index (Phi) is 2.86. The fourth-order valence-electron chi connectivity index (χ4n) is 1.48. The van der Waals surface area contributed by atoms with Gasteiger partial charge >= 0.3 is 0 Å². The summed E-state index contributed by atoms with van der Waals surface area (Å²) in [6.07, 6.45) is 4.37. The number of nitrogens with zero attached hydrogens (tertiary/aromatic N) is 2. The summed E-state index contributed by atoms with van der Waals surface area (Å²) in [5.41, 5.74) is 2.41. The van der Waals surface area contributed by atoms with Gasteiger partial charge in [-0.15, -0.1) is 0 Å². The summed E-state index contributed by atoms with van der Waals surface area (Å²) in [6, 6.07) is 6.56. The topological polar surface area (TPSA) is 17.8 Å². The van der Waals surface area contributed by atoms with E-state index in [0.29, 0.717) is 5.69 Å². The number of benzene rings is 1. The molecule has 0 saturated carbocycles. The zero-order chi connectivity index (χ0) is 11.5. The van der Waals surface area contributed by atoms with Gasteiger partial charge in [-0.3, -0.25) is 0 Å². The first kappa shape index (κ1) is 10.6. The van der Waals surface area contributed by atoms with Crippen LogP contribution >= 0.6 is 0 Å². The van der Waals surface area contributed by atoms with Gasteiger partial charge in [-0.2, -0.15) is 5.10 Å². The van der Waals surface area contributed by atoms with Crippen LogP contribution in [-0.4, -0.2) is 9.78 Å². The molecule has 16 heavy (non-hydrogen) atoms. The molecule has 0 amide bonds. The second kappa shape index (κ2) is 4.31. The molecule has 0 atom stereocenters. The Bertz CT molecular complexity index is 514. The lowest BCUT2D eigenvalue weighted by molar-refractivity contribution is 0.611. The predicted molar refractivity (Wildman–Crippen MR) is 62.8 cm³/mol. The lowest BCUT2D eigenvalue weighted by Gasteiger charge is -2.01. The first-order valence-corrected chi connectivity index (χ1v) is 5.20. The van der Waals surface area contributed by atoms with Crippen LogP contribution in [0.4, 0.5) is 4.39 Å². The van der Waals surface area contributed by atoms with E-state index in [-0.39, 0.29) is 5.82 Å². The van der Waals surface area contributed by atoms with Crippen molar-refractivity contribution in [2.75, 3.05) is 0 Å². The molecule has 2 nitrogen and oxygen atoms in total. The van der Waals surface area contributed by atoms with Gasteiger partial charge in [-0.25, -0.2) is 9.07 Å². The standard InChI is InChI=1S/C13H13FN2/c1-3-10(2)11-8-15-16(9-11)13-7-5-4-6-12(13)14/h4-9H,2-3H2,1H3. The molecule has 82 valence electrons. The lowest BCUT2D eigenvalue weighted by Crippen LogP contribution is -1.97. The molecule has 2 rings (SSSR count). The molecule has 1 heterocycles. The Labute approximate surface area is 94.0 Å². The molecule has 0 aliphatic heterocycles. The fraction of sp³-hybridized carbons (Fsp3) is 0.154. The van der Waals surface area contributed by atoms with Crippen LogP contribution in [0.1, 0.15) is 18.9 Å². The molecule has 1 aromatic heterocycles. The number of hydrogen-bond acceptors (Lipinski definition) is 1. The van der Waals surface area contributed by atoms with Crippen LogP contribution in [0.25, 0.3) is 11.3 Å². The third-order valence-corrected chi connectivity index (χ3v) is 2.52. The molecule has 0 spiro atoms. The van der Waals surface area contributed by atoms with Crippen molar-refractivity contribution in [2.24, 2.45) is 0 Å². The summed E-state index contributed by atoms with van der Waals surface area (Å²) in [4.78, 5) is 0. The number of rotatable bonds is 3. The predicted octanol–water partition coefficient (Wildman–Crippen LogP) is 3.43. The second-order valence-corrected chi connectivity index (χ2v) is 3.58. The minimum atomic E-state index is -0.278. The summed E-state index contributed by atoms with van der Waals surface area (Å²) in [5, 5.41) is 4.13. The average molecular weight is 216 g/mol. The van der Waals surface area contributed by atoms with Gasteiger partial charge in [0, 0.05) is 11.8 Å². The SMILES string of the molecule is C=C(CC)c1cnn(-c2ccccc2F)c1. The van der Waals surface area contributed by atoms with E-state index in [1.54, 1.807) is 30.6 Å². The average Bonchev–Trinajstić information content (AvgIpc) is 2.78. The Morgan fingerprint density at radius 1 is 1.44 bits per heavy atom. The zero-order valence-corrected chi connectivity index (χ0v) is 9.15. The second-order valence-electron chi connectivity index (χ2n) is 3.58. The highest BCUT2D eigenvalue weighted by atomic mass is 19.1. The Morgan fingerprint density at radius 3 is 2.88 bits per heavy atom. The molecule has 0 unspecified atom stereocenters. The van der Waals surface area contributed by atoms with E-state index in [1.165, 1.54) is 10.7 Å². The monoisotopic (exact) mass is 216 g/mol. The smallest absolute Gasteiger partial charge is 0.148 e. The normalized spacial score (nSPS) is 10.4. The van der Waals surface area contributed by atoms with Gasteiger partial charge < -0.3 is 0 Å². The van der Waals surface area contributed by atoms with Crippen LogP contribution in [0.15, 0.2) is 43.2 Å². The van der Waals surface area contributed by atoms with Crippen LogP contribution in [0, 0.1) is 5.82 Å². The van der Waals surface area contributed by atoms with Gasteiger partial charge in [0.05, 0.1) is 6.20 Å². The number of allylic oxidation sites excluding steroid dienone is 1. The molecule has 2 aromatic rings. The number of halogens is 1. The first-order valence-electron chi connectivity index (χ1n) is 5.20. The Hall–Kier alpha value is -1.90. The van der Waals surface area contributed by atoms with Gasteiger partial charge in [0.15, 0.2) is 0 Å². The summed E-state index contributed by atoms with van der Waals surface area (Å²) >= 11 is 0. The van der Waals surface area contributed by atoms with E-state index in [4.69, 9.17) is 0 Å². The van der Waals surface area contributed by atoms with Crippen LogP contribution in [0.2, 0.25) is 0 Å². The maximum Gasteiger partial charge on any atom is 0.148 e. The third kappa shape index (κ3) is 1.89. The molecular weight excluding hydrogens is 203 g/mol. The maximum absolute atomic E-state index is 13.5. The summed E-state index contributed by atoms with van der Waals surface area (Å²) in [5.74, 6) is -0.278. The van der Waals surface area contributed by atoms with Crippen molar-refractivity contribution in [2.45, 2.75) is 13.3 Å². The quantitative estimate of drug-likeness (QED) is 0.768. The lowest BCUT2D eigenvalue weighted by atomic mass is 10.1. The van der Waals surface area contributed by atoms with Gasteiger partial charge in [-0.05, 0) is 24.1 Å². The summed E-state index contributed by atoms with van der Waals surface area (Å²) in [7, 11) is 0. The van der Waals surface area contributed by atoms with Crippen LogP contribution < -0.4 is 0 Å². The summed E-state index contributed by atoms with van der Waals surface area (Å²) in [6.45, 7) is 5.96. The third-order valence-electron chi connectivity index (χ3n) is 2.52. The molecule has 0 fully saturated rings. The van der Waals surface area contributed by atoms with Crippen molar-refractivity contribution in [1.82, 2.24) is 9.78 Å². The van der Waals surface area contributed by atoms with Gasteiger partial charge in [0.1, 0.15) is 11.5 Å². The van der Waals surface area contributed by atoms with Crippen LogP contribution in [-0.2, 0) is 0 Å². The highest BCUT2D eigenvalue weighted by Crippen LogP contribution is 2.18. The molecule has 0 N–H and O–H groups in total. The highest BCUT2D eigenvalue weighted by molar-refractivity contribution is 5.62. The zero-order valence-electron chi connectivity index (χ0n) is 9.15. The van der Waals surface area contributed by atoms with Crippen molar-refractivity contribution >= 4 is 5.57 Å². The van der Waals surface area contributed by atoms with Crippen molar-refractivity contribution in [1.29, 1.82) is 0 Å². The van der Waals surface area contributed by atoms with E-state index in [2.05, 4.69) is 11.7 Å². The van der Waals surface area contributed by atoms with Crippen LogP contribution in [0.3, 0.4) is 0 Å². The van der Waals surface area contributed by atoms with Crippen molar-refractivity contribution < 1.29 is 4.39 Å². The number of hydrogen-bond donors (Lipinski definition) is 0. The molecule has 1 aromatic carbocycles. The van der Waals surface area contributed by atoms with Crippen LogP contribution in [0.5, 0.6) is 0 Å². The minimum absolute atomic E-state index is 0.278. The first-order chi connectivity index (χ1) is 7.72. The van der Waals surface area contributed by atoms with Crippen molar-refractivity contribution in [3.05, 3.63) is 54.6 Å². The van der Waals surface area contributed by atoms with E-state index < -0.39 is 0 Å². The molecule has 0 radical (unpaired) electrons. The molecular formula is C13H13FN2. The molecule has 0 aliphatic rings. The Balaban J connectivity index is 2.39. The van der Waals surface area contributed by atoms with Gasteiger partial charge in [-0.1, -0.05) is 25.6 Å². The summed E-state index contributed by atoms with van der Waals surface area (Å²) < 4.78 is 15.0. The minimum Gasteiger partial charge on any atom is -0.237 e. The molecule has 0 saturated heterocycles. The van der Waals surface area contributed by atoms with Gasteiger partial charge in [0.25, 0.3) is 0 Å². The Morgan fingerprint density at radius 2 is 2.19 bits per heavy atom. The van der Waals surface area contributed by atoms with Crippen molar-refractivity contribution in [3.63, 3.8) is 0 Å². The molecule has 0 aliphatic carbocycles. The van der Waals surface area contributed by atoms with Crippen molar-refractivity contribution in [3.8, 4) is 5.69 Å². The number of aromatic nitrogens is 2. The maximum atomic E-state index is 13.5. The van der Waals surface area contributed by atoms with E-state index in [1.807, 2.05) is 6.92 Å². The van der Waals surface area contributed by atoms with Gasteiger partial charge in [0.2, 0.25) is 0 Å². The fourth-order valence-corrected chi connectivity index (χ4v) is 1.48.